The lowest BCUT2D eigenvalue weighted by molar-refractivity contribution is -0.384. The maximum Gasteiger partial charge on any atom is 0.269 e. The molecule has 1 aromatic heterocycles. The first-order chi connectivity index (χ1) is 12.8. The minimum atomic E-state index is -0.479. The van der Waals surface area contributed by atoms with Crippen molar-refractivity contribution in [3.05, 3.63) is 63.2 Å². The normalized spacial score (nSPS) is 10.6. The van der Waals surface area contributed by atoms with Crippen LogP contribution in [0.5, 0.6) is 0 Å². The van der Waals surface area contributed by atoms with Gasteiger partial charge in [-0.2, -0.15) is 4.80 Å². The van der Waals surface area contributed by atoms with E-state index < -0.39 is 4.92 Å². The molecule has 1 N–H and O–H groups in total. The largest absolute Gasteiger partial charge is 0.324 e. The summed E-state index contributed by atoms with van der Waals surface area (Å²) in [5.74, 6) is 0.0260. The van der Waals surface area contributed by atoms with Crippen molar-refractivity contribution in [3.8, 4) is 11.4 Å². The van der Waals surface area contributed by atoms with E-state index in [1.165, 1.54) is 16.9 Å². The number of nitro groups is 1. The van der Waals surface area contributed by atoms with Gasteiger partial charge in [-0.05, 0) is 49.2 Å². The third-order valence-electron chi connectivity index (χ3n) is 4.02. The standard InChI is InChI=1S/C18H18N6O3/c1-11-8-12(2)17(13(3)9-11)19-16(25)10-23-21-18(20-22-23)14-4-6-15(7-5-14)24(26)27/h4-9H,10H2,1-3H3,(H,19,25). The van der Waals surface area contributed by atoms with Gasteiger partial charge in [0.25, 0.3) is 5.69 Å². The Morgan fingerprint density at radius 2 is 1.78 bits per heavy atom. The first-order valence-electron chi connectivity index (χ1n) is 8.24. The third kappa shape index (κ3) is 4.14. The molecule has 0 aliphatic rings. The van der Waals surface area contributed by atoms with Gasteiger partial charge >= 0.3 is 0 Å². The van der Waals surface area contributed by atoms with Gasteiger partial charge in [-0.3, -0.25) is 14.9 Å². The molecule has 0 aliphatic heterocycles. The summed E-state index contributed by atoms with van der Waals surface area (Å²) < 4.78 is 0. The summed E-state index contributed by atoms with van der Waals surface area (Å²) >= 11 is 0. The van der Waals surface area contributed by atoms with Gasteiger partial charge in [0.15, 0.2) is 0 Å². The van der Waals surface area contributed by atoms with E-state index in [0.717, 1.165) is 22.4 Å². The Morgan fingerprint density at radius 1 is 1.15 bits per heavy atom. The number of rotatable bonds is 5. The second-order valence-electron chi connectivity index (χ2n) is 6.27. The number of benzene rings is 2. The van der Waals surface area contributed by atoms with Crippen molar-refractivity contribution in [1.82, 2.24) is 20.2 Å². The molecule has 0 atom stereocenters. The third-order valence-corrected chi connectivity index (χ3v) is 4.02. The summed E-state index contributed by atoms with van der Waals surface area (Å²) in [4.78, 5) is 23.7. The summed E-state index contributed by atoms with van der Waals surface area (Å²) in [6.45, 7) is 5.80. The summed E-state index contributed by atoms with van der Waals surface area (Å²) in [5.41, 5.74) is 4.44. The van der Waals surface area contributed by atoms with Crippen LogP contribution in [0.15, 0.2) is 36.4 Å². The van der Waals surface area contributed by atoms with Crippen molar-refractivity contribution in [1.29, 1.82) is 0 Å². The molecule has 0 unspecified atom stereocenters. The molecule has 0 bridgehead atoms. The maximum absolute atomic E-state index is 12.3. The Bertz CT molecular complexity index is 987. The number of tetrazole rings is 1. The van der Waals surface area contributed by atoms with Gasteiger partial charge in [0.2, 0.25) is 11.7 Å². The zero-order valence-electron chi connectivity index (χ0n) is 15.1. The molecule has 138 valence electrons. The smallest absolute Gasteiger partial charge is 0.269 e. The molecule has 1 heterocycles. The number of nitro benzene ring substituents is 1. The van der Waals surface area contributed by atoms with Gasteiger partial charge in [0.05, 0.1) is 4.92 Å². The molecule has 0 saturated heterocycles. The number of nitrogens with one attached hydrogen (secondary N) is 1. The topological polar surface area (TPSA) is 116 Å². The minimum absolute atomic E-state index is 0.0191. The highest BCUT2D eigenvalue weighted by Gasteiger charge is 2.13. The van der Waals surface area contributed by atoms with E-state index in [2.05, 4.69) is 20.7 Å². The number of aromatic nitrogens is 4. The van der Waals surface area contributed by atoms with E-state index in [9.17, 15) is 14.9 Å². The monoisotopic (exact) mass is 366 g/mol. The average molecular weight is 366 g/mol. The lowest BCUT2D eigenvalue weighted by Crippen LogP contribution is -2.21. The molecule has 3 rings (SSSR count). The van der Waals surface area contributed by atoms with E-state index >= 15 is 0 Å². The van der Waals surface area contributed by atoms with Gasteiger partial charge < -0.3 is 5.32 Å². The fourth-order valence-corrected chi connectivity index (χ4v) is 2.84. The van der Waals surface area contributed by atoms with E-state index in [4.69, 9.17) is 0 Å². The predicted octanol–water partition coefficient (Wildman–Crippen LogP) is 2.81. The van der Waals surface area contributed by atoms with Crippen molar-refractivity contribution in [2.45, 2.75) is 27.3 Å². The lowest BCUT2D eigenvalue weighted by Gasteiger charge is -2.12. The highest BCUT2D eigenvalue weighted by molar-refractivity contribution is 5.92. The summed E-state index contributed by atoms with van der Waals surface area (Å²) in [7, 11) is 0. The summed E-state index contributed by atoms with van der Waals surface area (Å²) in [5, 5.41) is 25.5. The predicted molar refractivity (Wildman–Crippen MR) is 99.2 cm³/mol. The first-order valence-corrected chi connectivity index (χ1v) is 8.24. The van der Waals surface area contributed by atoms with Crippen molar-refractivity contribution in [2.75, 3.05) is 5.32 Å². The summed E-state index contributed by atoms with van der Waals surface area (Å²) in [6.07, 6.45) is 0. The number of anilines is 1. The van der Waals surface area contributed by atoms with E-state index in [0.29, 0.717) is 11.4 Å². The Balaban J connectivity index is 1.70. The average Bonchev–Trinajstić information content (AvgIpc) is 3.06. The zero-order chi connectivity index (χ0) is 19.6. The van der Waals surface area contributed by atoms with Gasteiger partial charge in [-0.25, -0.2) is 0 Å². The molecule has 27 heavy (non-hydrogen) atoms. The minimum Gasteiger partial charge on any atom is -0.324 e. The maximum atomic E-state index is 12.3. The van der Waals surface area contributed by atoms with Crippen LogP contribution in [0, 0.1) is 30.9 Å². The fraction of sp³-hybridized carbons (Fsp3) is 0.222. The van der Waals surface area contributed by atoms with Crippen LogP contribution >= 0.6 is 0 Å². The highest BCUT2D eigenvalue weighted by atomic mass is 16.6. The van der Waals surface area contributed by atoms with Gasteiger partial charge in [0.1, 0.15) is 6.54 Å². The zero-order valence-corrected chi connectivity index (χ0v) is 15.1. The quantitative estimate of drug-likeness (QED) is 0.548. The molecule has 0 aliphatic carbocycles. The van der Waals surface area contributed by atoms with Crippen LogP contribution in [0.25, 0.3) is 11.4 Å². The number of carbonyl (C=O) groups excluding carboxylic acids is 1. The van der Waals surface area contributed by atoms with Gasteiger partial charge in [-0.15, -0.1) is 10.2 Å². The number of nitrogens with zero attached hydrogens (tertiary/aromatic N) is 5. The molecular weight excluding hydrogens is 348 g/mol. The van der Waals surface area contributed by atoms with Crippen molar-refractivity contribution in [2.24, 2.45) is 0 Å². The fourth-order valence-electron chi connectivity index (χ4n) is 2.84. The molecule has 9 heteroatoms. The van der Waals surface area contributed by atoms with Crippen LogP contribution in [0.2, 0.25) is 0 Å². The highest BCUT2D eigenvalue weighted by Crippen LogP contribution is 2.22. The molecule has 0 fully saturated rings. The Hall–Kier alpha value is -3.62. The van der Waals surface area contributed by atoms with Crippen LogP contribution in [0.1, 0.15) is 16.7 Å². The first kappa shape index (κ1) is 18.2. The Labute approximate surface area is 155 Å². The second kappa shape index (κ2) is 7.32. The van der Waals surface area contributed by atoms with Crippen molar-refractivity contribution in [3.63, 3.8) is 0 Å². The van der Waals surface area contributed by atoms with Crippen LogP contribution in [-0.4, -0.2) is 31.0 Å². The lowest BCUT2D eigenvalue weighted by atomic mass is 10.1. The number of hydrogen-bond donors (Lipinski definition) is 1. The number of carbonyl (C=O) groups is 1. The molecule has 0 radical (unpaired) electrons. The molecule has 0 spiro atoms. The van der Waals surface area contributed by atoms with Crippen LogP contribution in [-0.2, 0) is 11.3 Å². The molecule has 3 aromatic rings. The van der Waals surface area contributed by atoms with Crippen molar-refractivity contribution < 1.29 is 9.72 Å². The van der Waals surface area contributed by atoms with Crippen LogP contribution in [0.3, 0.4) is 0 Å². The van der Waals surface area contributed by atoms with Crippen LogP contribution in [0.4, 0.5) is 11.4 Å². The summed E-state index contributed by atoms with van der Waals surface area (Å²) in [6, 6.07) is 9.82. The van der Waals surface area contributed by atoms with Crippen molar-refractivity contribution >= 4 is 17.3 Å². The number of aryl methyl sites for hydroxylation is 3. The van der Waals surface area contributed by atoms with E-state index in [1.54, 1.807) is 12.1 Å². The van der Waals surface area contributed by atoms with E-state index in [-0.39, 0.29) is 18.1 Å². The molecule has 1 amide bonds. The molecule has 9 nitrogen and oxygen atoms in total. The number of non-ortho nitro benzene ring substituents is 1. The molecule has 2 aromatic carbocycles. The number of hydrogen-bond acceptors (Lipinski definition) is 6. The molecular formula is C18H18N6O3. The van der Waals surface area contributed by atoms with Gasteiger partial charge in [-0.1, -0.05) is 17.7 Å². The number of amides is 1. The van der Waals surface area contributed by atoms with E-state index in [1.807, 2.05) is 32.9 Å². The Kier molecular flexibility index (Phi) is 4.93. The molecule has 0 saturated carbocycles. The van der Waals surface area contributed by atoms with Gasteiger partial charge in [0, 0.05) is 23.4 Å². The van der Waals surface area contributed by atoms with Crippen LogP contribution < -0.4 is 5.32 Å². The second-order valence-corrected chi connectivity index (χ2v) is 6.27. The Morgan fingerprint density at radius 3 is 2.37 bits per heavy atom. The SMILES string of the molecule is Cc1cc(C)c(NC(=O)Cn2nnc(-c3ccc([N+](=O)[O-])cc3)n2)c(C)c1.